The van der Waals surface area contributed by atoms with Gasteiger partial charge in [0.25, 0.3) is 11.7 Å². The summed E-state index contributed by atoms with van der Waals surface area (Å²) >= 11 is 0. The molecule has 5 heterocycles. The van der Waals surface area contributed by atoms with E-state index in [0.29, 0.717) is 5.52 Å². The predicted octanol–water partition coefficient (Wildman–Crippen LogP) is 5.31. The Hall–Kier alpha value is -7.16. The number of aliphatic hydroxyl groups is 2. The van der Waals surface area contributed by atoms with Gasteiger partial charge in [-0.25, -0.2) is 9.18 Å². The predicted molar refractivity (Wildman–Crippen MR) is 265 cm³/mol. The van der Waals surface area contributed by atoms with Crippen LogP contribution in [0, 0.1) is 36.4 Å². The van der Waals surface area contributed by atoms with Gasteiger partial charge in [0.1, 0.15) is 40.4 Å². The first-order chi connectivity index (χ1) is 34.9. The fourth-order valence-corrected chi connectivity index (χ4v) is 10.5. The van der Waals surface area contributed by atoms with Crippen molar-refractivity contribution in [3.05, 3.63) is 110 Å². The Labute approximate surface area is 425 Å². The molecule has 74 heavy (non-hydrogen) atoms. The number of halogens is 1. The SMILES string of the molecule is CO[C@H]1/C=C/O[C@@]2(C)Oc3c(C)c(O)c4c(c3C2=O)C(=O)C(N[C@H]2CCN(c3cc5c(cc3F)c(=O)c(C(=O)O)cn5C3CC3)C2)=C(NC(=O)/C(C)=C\C=C\[C@@H](C)[C@H](O)[C@@H](C)[C@H](O)[C@@H](C)[C@H](OC(C)=O)[C@@H]1C)C4=O. The van der Waals surface area contributed by atoms with Gasteiger partial charge in [-0.05, 0) is 51.3 Å². The Kier molecular flexibility index (Phi) is 14.6. The second-order valence-corrected chi connectivity index (χ2v) is 20.3. The highest BCUT2D eigenvalue weighted by Gasteiger charge is 2.53. The molecule has 4 aliphatic heterocycles. The Morgan fingerprint density at radius 3 is 2.28 bits per heavy atom. The zero-order valence-electron chi connectivity index (χ0n) is 42.5. The van der Waals surface area contributed by atoms with Crippen molar-refractivity contribution in [2.45, 2.75) is 117 Å². The monoisotopic (exact) mass is 1020 g/mol. The van der Waals surface area contributed by atoms with Crippen LogP contribution in [-0.2, 0) is 23.8 Å². The van der Waals surface area contributed by atoms with Crippen molar-refractivity contribution >= 4 is 51.8 Å². The summed E-state index contributed by atoms with van der Waals surface area (Å²) in [6.45, 7) is 12.3. The van der Waals surface area contributed by atoms with E-state index < -0.39 is 140 Å². The number of aliphatic hydroxyl groups excluding tert-OH is 2. The first-order valence-electron chi connectivity index (χ1n) is 24.6. The molecule has 2 fully saturated rings. The first kappa shape index (κ1) is 53.1. The molecule has 19 nitrogen and oxygen atoms in total. The van der Waals surface area contributed by atoms with Crippen LogP contribution in [0.3, 0.4) is 0 Å². The second kappa shape index (κ2) is 20.3. The number of carbonyl (C=O) groups is 6. The number of ether oxygens (including phenoxy) is 4. The zero-order valence-corrected chi connectivity index (χ0v) is 42.5. The number of ketones is 3. The highest BCUT2D eigenvalue weighted by molar-refractivity contribution is 6.32. The number of allylic oxidation sites excluding steroid dienone is 4. The number of fused-ring (bicyclic) bond motifs is 15. The molecule has 1 amide bonds. The minimum Gasteiger partial charge on any atom is -0.507 e. The third kappa shape index (κ3) is 9.49. The minimum absolute atomic E-state index is 0.0188. The average molecular weight is 1030 g/mol. The van der Waals surface area contributed by atoms with Gasteiger partial charge in [0.05, 0.1) is 52.5 Å². The van der Waals surface area contributed by atoms with E-state index in [9.17, 15) is 49.2 Å². The lowest BCUT2D eigenvalue weighted by molar-refractivity contribution is -0.160. The van der Waals surface area contributed by atoms with Crippen molar-refractivity contribution in [1.29, 1.82) is 0 Å². The van der Waals surface area contributed by atoms with E-state index in [1.165, 1.54) is 65.3 Å². The van der Waals surface area contributed by atoms with Crippen LogP contribution in [0.1, 0.15) is 121 Å². The number of phenols is 1. The molecule has 3 aromatic rings. The Balaban J connectivity index is 1.20. The molecule has 6 aliphatic rings. The third-order valence-corrected chi connectivity index (χ3v) is 15.1. The van der Waals surface area contributed by atoms with Gasteiger partial charge in [-0.15, -0.1) is 0 Å². The number of carboxylic acids is 1. The maximum absolute atomic E-state index is 16.1. The Morgan fingerprint density at radius 1 is 0.932 bits per heavy atom. The number of carboxylic acid groups (broad SMARTS) is 1. The number of nitrogens with one attached hydrogen (secondary N) is 2. The first-order valence-corrected chi connectivity index (χ1v) is 24.6. The summed E-state index contributed by atoms with van der Waals surface area (Å²) in [5, 5.41) is 50.1. The molecule has 1 saturated heterocycles. The summed E-state index contributed by atoms with van der Waals surface area (Å²) in [5.41, 5.74) is -3.36. The molecular formula is C54H61FN4O15. The number of benzene rings is 2. The number of carbonyl (C=O) groups excluding carboxylic acids is 5. The molecule has 9 rings (SSSR count). The average Bonchev–Trinajstić information content (AvgIpc) is 4.04. The number of phenolic OH excluding ortho intramolecular Hbond substituents is 1. The van der Waals surface area contributed by atoms with Crippen LogP contribution in [0.5, 0.6) is 11.5 Å². The number of esters is 1. The van der Waals surface area contributed by atoms with Gasteiger partial charge in [0.2, 0.25) is 17.0 Å². The molecule has 2 aliphatic carbocycles. The van der Waals surface area contributed by atoms with Crippen molar-refractivity contribution in [1.82, 2.24) is 15.2 Å². The fraction of sp³-hybridized carbons (Fsp3) is 0.463. The minimum atomic E-state index is -2.19. The number of Topliss-reactive ketones (excluding diaryl/α,β-unsaturated/α-hetero) is 3. The van der Waals surface area contributed by atoms with Crippen molar-refractivity contribution in [3.63, 3.8) is 0 Å². The Bertz CT molecular complexity index is 3080. The van der Waals surface area contributed by atoms with Gasteiger partial charge in [-0.2, -0.15) is 0 Å². The quantitative estimate of drug-likeness (QED) is 0.164. The summed E-state index contributed by atoms with van der Waals surface area (Å²) in [5.74, 6) is -12.5. The van der Waals surface area contributed by atoms with Gasteiger partial charge >= 0.3 is 17.7 Å². The van der Waals surface area contributed by atoms with Gasteiger partial charge in [0, 0.05) is 92.5 Å². The van der Waals surface area contributed by atoms with Crippen molar-refractivity contribution in [2.24, 2.45) is 23.7 Å². The lowest BCUT2D eigenvalue weighted by Crippen LogP contribution is -2.46. The summed E-state index contributed by atoms with van der Waals surface area (Å²) in [7, 11) is 1.40. The number of aromatic carboxylic acids is 1. The smallest absolute Gasteiger partial charge is 0.341 e. The maximum Gasteiger partial charge on any atom is 0.341 e. The summed E-state index contributed by atoms with van der Waals surface area (Å²) in [4.78, 5) is 98.1. The largest absolute Gasteiger partial charge is 0.507 e. The second-order valence-electron chi connectivity index (χ2n) is 20.3. The molecule has 0 spiro atoms. The lowest BCUT2D eigenvalue weighted by atomic mass is 9.78. The van der Waals surface area contributed by atoms with Crippen LogP contribution in [0.2, 0.25) is 0 Å². The van der Waals surface area contributed by atoms with E-state index in [4.69, 9.17) is 18.9 Å². The topological polar surface area (TPSA) is 270 Å². The standard InChI is InChI=1S/C54H61FN4O15/c1-23-11-10-12-24(2)52(68)57-42-41(56-30-15-17-58(21-30)36-20-35-32(19-34(36)55)46(64)33(53(69)70)22-59(35)31-13-14-31)47(65)38-39(48(42)66)45(63)28(6)50-40(38)51(67)54(8,74-50)72-18-16-37(71-9)25(3)49(73-29(7)60)27(5)44(62)26(4)43(23)61/h10-12,16,18-20,22-23,25-27,30-31,37,43-44,49,56,61-63H,13-15,17,21H2,1-9H3,(H,57,68)(H,69,70)/b11-10+,18-16+,24-12-/t23-,25-,26-,27-,30+,37+,43+,44+,49-,54+/m1/s1. The number of anilines is 1. The van der Waals surface area contributed by atoms with Crippen LogP contribution in [-0.4, -0.2) is 117 Å². The van der Waals surface area contributed by atoms with Crippen LogP contribution in [0.15, 0.2) is 70.7 Å². The Morgan fingerprint density at radius 2 is 1.64 bits per heavy atom. The molecular weight excluding hydrogens is 964 g/mol. The molecule has 0 unspecified atom stereocenters. The molecule has 1 saturated carbocycles. The van der Waals surface area contributed by atoms with E-state index in [2.05, 4.69) is 10.6 Å². The van der Waals surface area contributed by atoms with Gasteiger partial charge in [0.15, 0.2) is 0 Å². The van der Waals surface area contributed by atoms with Crippen molar-refractivity contribution in [3.8, 4) is 11.5 Å². The number of rotatable bonds is 7. The lowest BCUT2D eigenvalue weighted by Gasteiger charge is -2.38. The highest BCUT2D eigenvalue weighted by Crippen LogP contribution is 2.49. The molecule has 5 bridgehead atoms. The maximum atomic E-state index is 16.1. The van der Waals surface area contributed by atoms with Gasteiger partial charge in [-0.1, -0.05) is 45.9 Å². The number of pyridine rings is 1. The number of nitrogens with zero attached hydrogens (tertiary/aromatic N) is 2. The molecule has 1 aromatic heterocycles. The summed E-state index contributed by atoms with van der Waals surface area (Å²) < 4.78 is 41.4. The number of amides is 1. The number of methoxy groups -OCH3 is 1. The number of aromatic nitrogens is 1. The van der Waals surface area contributed by atoms with Crippen LogP contribution >= 0.6 is 0 Å². The number of hydrogen-bond acceptors (Lipinski definition) is 16. The van der Waals surface area contributed by atoms with E-state index in [-0.39, 0.29) is 59.1 Å². The molecule has 10 atom stereocenters. The molecule has 6 N–H and O–H groups in total. The van der Waals surface area contributed by atoms with Crippen LogP contribution < -0.4 is 25.7 Å². The van der Waals surface area contributed by atoms with E-state index in [1.807, 2.05) is 0 Å². The number of aromatic hydroxyl groups is 1. The van der Waals surface area contributed by atoms with Gasteiger partial charge in [-0.3, -0.25) is 28.8 Å². The van der Waals surface area contributed by atoms with Crippen molar-refractivity contribution in [2.75, 3.05) is 25.1 Å². The summed E-state index contributed by atoms with van der Waals surface area (Å²) in [6.07, 6.45) is 5.93. The molecule has 394 valence electrons. The normalized spacial score (nSPS) is 30.4. The molecule has 2 aromatic carbocycles. The fourth-order valence-electron chi connectivity index (χ4n) is 10.5. The van der Waals surface area contributed by atoms with Crippen LogP contribution in [0.25, 0.3) is 10.9 Å². The van der Waals surface area contributed by atoms with E-state index >= 15 is 9.18 Å². The van der Waals surface area contributed by atoms with Gasteiger partial charge < -0.3 is 59.5 Å². The number of hydrogen-bond donors (Lipinski definition) is 6. The molecule has 20 heteroatoms. The third-order valence-electron chi connectivity index (χ3n) is 15.1. The summed E-state index contributed by atoms with van der Waals surface area (Å²) in [6, 6.07) is 1.71. The van der Waals surface area contributed by atoms with Crippen molar-refractivity contribution < 1.29 is 72.5 Å². The van der Waals surface area contributed by atoms with E-state index in [1.54, 1.807) is 43.2 Å². The van der Waals surface area contributed by atoms with E-state index in [0.717, 1.165) is 25.2 Å². The zero-order chi connectivity index (χ0) is 54.0. The molecule has 0 radical (unpaired) electrons. The highest BCUT2D eigenvalue weighted by atomic mass is 19.1. The van der Waals surface area contributed by atoms with Crippen LogP contribution in [0.4, 0.5) is 10.1 Å².